The summed E-state index contributed by atoms with van der Waals surface area (Å²) in [4.78, 5) is 27.7. The van der Waals surface area contributed by atoms with E-state index in [0.717, 1.165) is 28.3 Å². The van der Waals surface area contributed by atoms with Gasteiger partial charge in [0, 0.05) is 35.7 Å². The molecule has 0 aromatic heterocycles. The SMILES string of the molecule is CCCN(Cc1ccccc1)C(=O)c1ccc2c(c1)NC(=O)CCS2. The molecule has 0 fully saturated rings. The van der Waals surface area contributed by atoms with Gasteiger partial charge >= 0.3 is 0 Å². The Labute approximate surface area is 152 Å². The lowest BCUT2D eigenvalue weighted by Gasteiger charge is -2.23. The molecule has 0 bridgehead atoms. The minimum Gasteiger partial charge on any atom is -0.334 e. The Kier molecular flexibility index (Phi) is 5.76. The van der Waals surface area contributed by atoms with Gasteiger partial charge < -0.3 is 10.2 Å². The average molecular weight is 354 g/mol. The number of nitrogens with zero attached hydrogens (tertiary/aromatic N) is 1. The lowest BCUT2D eigenvalue weighted by molar-refractivity contribution is -0.115. The molecule has 0 saturated heterocycles. The monoisotopic (exact) mass is 354 g/mol. The van der Waals surface area contributed by atoms with E-state index in [2.05, 4.69) is 12.2 Å². The van der Waals surface area contributed by atoms with E-state index in [9.17, 15) is 9.59 Å². The Bertz CT molecular complexity index is 762. The number of hydrogen-bond acceptors (Lipinski definition) is 3. The van der Waals surface area contributed by atoms with Gasteiger partial charge in [-0.1, -0.05) is 37.3 Å². The molecule has 2 aromatic carbocycles. The van der Waals surface area contributed by atoms with Crippen molar-refractivity contribution in [2.75, 3.05) is 17.6 Å². The first-order valence-corrected chi connectivity index (χ1v) is 9.56. The predicted octanol–water partition coefficient (Wildman–Crippen LogP) is 4.17. The number of carbonyl (C=O) groups is 2. The summed E-state index contributed by atoms with van der Waals surface area (Å²) in [6.45, 7) is 3.36. The number of carbonyl (C=O) groups excluding carboxylic acids is 2. The molecule has 5 heteroatoms. The summed E-state index contributed by atoms with van der Waals surface area (Å²) < 4.78 is 0. The fourth-order valence-electron chi connectivity index (χ4n) is 2.86. The summed E-state index contributed by atoms with van der Waals surface area (Å²) in [5.41, 5.74) is 2.48. The number of benzene rings is 2. The van der Waals surface area contributed by atoms with Gasteiger partial charge in [-0.05, 0) is 30.2 Å². The number of amides is 2. The van der Waals surface area contributed by atoms with Gasteiger partial charge in [0.05, 0.1) is 5.69 Å². The van der Waals surface area contributed by atoms with Gasteiger partial charge in [0.1, 0.15) is 0 Å². The second-order valence-electron chi connectivity index (χ2n) is 6.07. The standard InChI is InChI=1S/C20H22N2O2S/c1-2-11-22(14-15-6-4-3-5-7-15)20(24)16-8-9-18-17(13-16)21-19(23)10-12-25-18/h3-9,13H,2,10-12,14H2,1H3,(H,21,23). The molecule has 3 rings (SSSR count). The molecule has 2 aromatic rings. The van der Waals surface area contributed by atoms with Crippen molar-refractivity contribution >= 4 is 29.3 Å². The van der Waals surface area contributed by atoms with E-state index in [4.69, 9.17) is 0 Å². The summed E-state index contributed by atoms with van der Waals surface area (Å²) in [6, 6.07) is 15.6. The number of fused-ring (bicyclic) bond motifs is 1. The van der Waals surface area contributed by atoms with Crippen molar-refractivity contribution in [2.24, 2.45) is 0 Å². The van der Waals surface area contributed by atoms with Crippen LogP contribution in [0.1, 0.15) is 35.7 Å². The maximum Gasteiger partial charge on any atom is 0.254 e. The molecule has 1 aliphatic heterocycles. The third-order valence-corrected chi connectivity index (χ3v) is 5.16. The zero-order chi connectivity index (χ0) is 17.6. The predicted molar refractivity (Wildman–Crippen MR) is 102 cm³/mol. The molecule has 0 unspecified atom stereocenters. The molecular formula is C20H22N2O2S. The molecule has 0 spiro atoms. The molecule has 130 valence electrons. The highest BCUT2D eigenvalue weighted by Crippen LogP contribution is 2.31. The van der Waals surface area contributed by atoms with Crippen LogP contribution in [-0.4, -0.2) is 29.0 Å². The van der Waals surface area contributed by atoms with E-state index in [1.54, 1.807) is 11.8 Å². The Hall–Kier alpha value is -2.27. The summed E-state index contributed by atoms with van der Waals surface area (Å²) in [5, 5.41) is 2.91. The molecule has 2 amide bonds. The number of anilines is 1. The van der Waals surface area contributed by atoms with Gasteiger partial charge in [-0.15, -0.1) is 11.8 Å². The maximum atomic E-state index is 13.0. The second kappa shape index (κ2) is 8.21. The van der Waals surface area contributed by atoms with E-state index >= 15 is 0 Å². The summed E-state index contributed by atoms with van der Waals surface area (Å²) in [7, 11) is 0. The zero-order valence-electron chi connectivity index (χ0n) is 14.3. The average Bonchev–Trinajstić information content (AvgIpc) is 2.81. The fourth-order valence-corrected chi connectivity index (χ4v) is 3.80. The molecule has 0 aliphatic carbocycles. The van der Waals surface area contributed by atoms with Crippen LogP contribution in [0.2, 0.25) is 0 Å². The zero-order valence-corrected chi connectivity index (χ0v) is 15.1. The molecular weight excluding hydrogens is 332 g/mol. The highest BCUT2D eigenvalue weighted by Gasteiger charge is 2.19. The maximum absolute atomic E-state index is 13.0. The van der Waals surface area contributed by atoms with Gasteiger partial charge in [-0.2, -0.15) is 0 Å². The van der Waals surface area contributed by atoms with Crippen molar-refractivity contribution in [1.29, 1.82) is 0 Å². The molecule has 4 nitrogen and oxygen atoms in total. The number of thioether (sulfide) groups is 1. The molecule has 0 radical (unpaired) electrons. The third kappa shape index (κ3) is 4.42. The van der Waals surface area contributed by atoms with Crippen molar-refractivity contribution in [1.82, 2.24) is 4.90 Å². The van der Waals surface area contributed by atoms with E-state index in [0.29, 0.717) is 25.1 Å². The number of hydrogen-bond donors (Lipinski definition) is 1. The quantitative estimate of drug-likeness (QED) is 0.876. The highest BCUT2D eigenvalue weighted by molar-refractivity contribution is 7.99. The summed E-state index contributed by atoms with van der Waals surface area (Å²) in [5.74, 6) is 0.768. The van der Waals surface area contributed by atoms with Crippen LogP contribution in [0, 0.1) is 0 Å². The highest BCUT2D eigenvalue weighted by atomic mass is 32.2. The first-order valence-electron chi connectivity index (χ1n) is 8.57. The van der Waals surface area contributed by atoms with Gasteiger partial charge in [0.25, 0.3) is 5.91 Å². The molecule has 0 atom stereocenters. The van der Waals surface area contributed by atoms with Gasteiger partial charge in [-0.25, -0.2) is 0 Å². The van der Waals surface area contributed by atoms with Crippen molar-refractivity contribution in [2.45, 2.75) is 31.2 Å². The molecule has 1 N–H and O–H groups in total. The minimum absolute atomic E-state index is 0.00278. The van der Waals surface area contributed by atoms with Gasteiger partial charge in [-0.3, -0.25) is 9.59 Å². The van der Waals surface area contributed by atoms with Crippen LogP contribution in [0.3, 0.4) is 0 Å². The van der Waals surface area contributed by atoms with Crippen LogP contribution in [0.5, 0.6) is 0 Å². The van der Waals surface area contributed by atoms with Gasteiger partial charge in [0.15, 0.2) is 0 Å². The summed E-state index contributed by atoms with van der Waals surface area (Å²) in [6.07, 6.45) is 1.40. The van der Waals surface area contributed by atoms with E-state index in [-0.39, 0.29) is 11.8 Å². The second-order valence-corrected chi connectivity index (χ2v) is 7.21. The van der Waals surface area contributed by atoms with Crippen molar-refractivity contribution in [3.63, 3.8) is 0 Å². The number of rotatable bonds is 5. The molecule has 25 heavy (non-hydrogen) atoms. The largest absolute Gasteiger partial charge is 0.334 e. The van der Waals surface area contributed by atoms with Crippen LogP contribution in [0.15, 0.2) is 53.4 Å². The first-order chi connectivity index (χ1) is 12.2. The Morgan fingerprint density at radius 3 is 2.76 bits per heavy atom. The fraction of sp³-hybridized carbons (Fsp3) is 0.300. The molecule has 1 aliphatic rings. The van der Waals surface area contributed by atoms with Crippen LogP contribution in [0.25, 0.3) is 0 Å². The lowest BCUT2D eigenvalue weighted by Crippen LogP contribution is -2.31. The first kappa shape index (κ1) is 17.5. The minimum atomic E-state index is -0.00278. The van der Waals surface area contributed by atoms with Crippen molar-refractivity contribution in [3.05, 3.63) is 59.7 Å². The van der Waals surface area contributed by atoms with Crippen LogP contribution in [0.4, 0.5) is 5.69 Å². The van der Waals surface area contributed by atoms with Crippen molar-refractivity contribution < 1.29 is 9.59 Å². The third-order valence-electron chi connectivity index (χ3n) is 4.08. The van der Waals surface area contributed by atoms with Crippen LogP contribution >= 0.6 is 11.8 Å². The normalized spacial score (nSPS) is 13.6. The Morgan fingerprint density at radius 2 is 2.00 bits per heavy atom. The lowest BCUT2D eigenvalue weighted by atomic mass is 10.1. The molecule has 0 saturated carbocycles. The van der Waals surface area contributed by atoms with E-state index < -0.39 is 0 Å². The van der Waals surface area contributed by atoms with E-state index in [1.165, 1.54) is 0 Å². The Morgan fingerprint density at radius 1 is 1.20 bits per heavy atom. The van der Waals surface area contributed by atoms with Crippen molar-refractivity contribution in [3.8, 4) is 0 Å². The summed E-state index contributed by atoms with van der Waals surface area (Å²) >= 11 is 1.65. The van der Waals surface area contributed by atoms with Crippen LogP contribution < -0.4 is 5.32 Å². The number of nitrogens with one attached hydrogen (secondary N) is 1. The van der Waals surface area contributed by atoms with Gasteiger partial charge in [0.2, 0.25) is 5.91 Å². The van der Waals surface area contributed by atoms with Crippen LogP contribution in [-0.2, 0) is 11.3 Å². The van der Waals surface area contributed by atoms with E-state index in [1.807, 2.05) is 53.4 Å². The molecule has 1 heterocycles. The smallest absolute Gasteiger partial charge is 0.254 e. The topological polar surface area (TPSA) is 49.4 Å². The Balaban J connectivity index is 1.83.